The molecule has 0 unspecified atom stereocenters. The standard InChI is InChI=1S/C9H11ClFNO2S/c1-12(2)9-5-8(11)4-3-7(9)6-15(10,13)14/h3-5H,6H2,1-2H3. The summed E-state index contributed by atoms with van der Waals surface area (Å²) in [7, 11) is 4.94. The minimum absolute atomic E-state index is 0.303. The Bertz CT molecular complexity index is 459. The molecule has 0 aliphatic rings. The average molecular weight is 252 g/mol. The SMILES string of the molecule is CN(C)c1cc(F)ccc1CS(=O)(=O)Cl. The third-order valence-corrected chi connectivity index (χ3v) is 2.84. The van der Waals surface area contributed by atoms with Gasteiger partial charge in [-0.3, -0.25) is 0 Å². The molecule has 0 N–H and O–H groups in total. The van der Waals surface area contributed by atoms with Gasteiger partial charge in [-0.05, 0) is 17.7 Å². The molecule has 1 rings (SSSR count). The van der Waals surface area contributed by atoms with Gasteiger partial charge in [0.05, 0.1) is 5.75 Å². The highest BCUT2D eigenvalue weighted by Gasteiger charge is 2.13. The third kappa shape index (κ3) is 3.68. The first kappa shape index (κ1) is 12.3. The van der Waals surface area contributed by atoms with Gasteiger partial charge in [-0.2, -0.15) is 0 Å². The van der Waals surface area contributed by atoms with Gasteiger partial charge in [0.15, 0.2) is 0 Å². The van der Waals surface area contributed by atoms with Crippen LogP contribution in [-0.2, 0) is 14.8 Å². The van der Waals surface area contributed by atoms with Crippen molar-refractivity contribution in [3.63, 3.8) is 0 Å². The first-order valence-corrected chi connectivity index (χ1v) is 6.65. The number of hydrogen-bond donors (Lipinski definition) is 0. The first-order chi connectivity index (χ1) is 6.79. The fraction of sp³-hybridized carbons (Fsp3) is 0.333. The van der Waals surface area contributed by atoms with E-state index in [9.17, 15) is 12.8 Å². The van der Waals surface area contributed by atoms with Crippen LogP contribution in [0.3, 0.4) is 0 Å². The molecule has 0 aliphatic heterocycles. The molecule has 6 heteroatoms. The molecule has 0 bridgehead atoms. The summed E-state index contributed by atoms with van der Waals surface area (Å²) in [6.45, 7) is 0. The van der Waals surface area contributed by atoms with Crippen molar-refractivity contribution in [2.75, 3.05) is 19.0 Å². The van der Waals surface area contributed by atoms with Crippen LogP contribution in [0.25, 0.3) is 0 Å². The maximum Gasteiger partial charge on any atom is 0.236 e. The maximum atomic E-state index is 12.9. The maximum absolute atomic E-state index is 12.9. The molecule has 15 heavy (non-hydrogen) atoms. The fourth-order valence-corrected chi connectivity index (χ4v) is 2.23. The van der Waals surface area contributed by atoms with Crippen molar-refractivity contribution < 1.29 is 12.8 Å². The lowest BCUT2D eigenvalue weighted by atomic mass is 10.2. The zero-order chi connectivity index (χ0) is 11.6. The van der Waals surface area contributed by atoms with Crippen molar-refractivity contribution >= 4 is 25.4 Å². The summed E-state index contributed by atoms with van der Waals surface area (Å²) < 4.78 is 34.8. The zero-order valence-corrected chi connectivity index (χ0v) is 9.94. The van der Waals surface area contributed by atoms with Gasteiger partial charge in [-0.1, -0.05) is 6.07 Å². The normalized spacial score (nSPS) is 11.5. The molecular weight excluding hydrogens is 241 g/mol. The topological polar surface area (TPSA) is 37.4 Å². The molecule has 0 saturated heterocycles. The van der Waals surface area contributed by atoms with Crippen LogP contribution in [0, 0.1) is 5.82 Å². The highest BCUT2D eigenvalue weighted by molar-refractivity contribution is 8.13. The smallest absolute Gasteiger partial charge is 0.236 e. The summed E-state index contributed by atoms with van der Waals surface area (Å²) >= 11 is 0. The van der Waals surface area contributed by atoms with Gasteiger partial charge in [0.25, 0.3) is 0 Å². The number of rotatable bonds is 3. The summed E-state index contributed by atoms with van der Waals surface area (Å²) in [6.07, 6.45) is 0. The van der Waals surface area contributed by atoms with Crippen molar-refractivity contribution in [3.8, 4) is 0 Å². The van der Waals surface area contributed by atoms with Gasteiger partial charge in [0.2, 0.25) is 9.05 Å². The molecule has 0 atom stereocenters. The molecule has 0 aromatic heterocycles. The van der Waals surface area contributed by atoms with Crippen LogP contribution in [-0.4, -0.2) is 22.5 Å². The van der Waals surface area contributed by atoms with Crippen LogP contribution >= 0.6 is 10.7 Å². The largest absolute Gasteiger partial charge is 0.377 e. The summed E-state index contributed by atoms with van der Waals surface area (Å²) in [5.41, 5.74) is 0.996. The molecule has 0 spiro atoms. The van der Waals surface area contributed by atoms with Crippen molar-refractivity contribution in [1.82, 2.24) is 0 Å². The van der Waals surface area contributed by atoms with E-state index in [1.54, 1.807) is 19.0 Å². The summed E-state index contributed by atoms with van der Waals surface area (Å²) in [4.78, 5) is 1.64. The number of halogens is 2. The first-order valence-electron chi connectivity index (χ1n) is 4.17. The van der Waals surface area contributed by atoms with E-state index in [0.717, 1.165) is 0 Å². The van der Waals surface area contributed by atoms with Gasteiger partial charge in [-0.15, -0.1) is 0 Å². The van der Waals surface area contributed by atoms with E-state index in [-0.39, 0.29) is 5.75 Å². The van der Waals surface area contributed by atoms with E-state index in [1.165, 1.54) is 18.2 Å². The predicted molar refractivity (Wildman–Crippen MR) is 59.2 cm³/mol. The number of nitrogens with zero attached hydrogens (tertiary/aromatic N) is 1. The van der Waals surface area contributed by atoms with E-state index in [0.29, 0.717) is 11.3 Å². The monoisotopic (exact) mass is 251 g/mol. The number of benzene rings is 1. The molecule has 0 saturated carbocycles. The Labute approximate surface area is 92.9 Å². The second-order valence-corrected chi connectivity index (χ2v) is 6.13. The van der Waals surface area contributed by atoms with Crippen LogP contribution in [0.5, 0.6) is 0 Å². The Kier molecular flexibility index (Phi) is 3.57. The number of anilines is 1. The minimum atomic E-state index is -3.62. The highest BCUT2D eigenvalue weighted by Crippen LogP contribution is 2.23. The summed E-state index contributed by atoms with van der Waals surface area (Å²) in [5.74, 6) is -0.711. The molecule has 0 amide bonds. The van der Waals surface area contributed by atoms with Gasteiger partial charge < -0.3 is 4.90 Å². The molecule has 0 radical (unpaired) electrons. The molecule has 84 valence electrons. The van der Waals surface area contributed by atoms with E-state index >= 15 is 0 Å². The highest BCUT2D eigenvalue weighted by atomic mass is 35.7. The van der Waals surface area contributed by atoms with Gasteiger partial charge in [-0.25, -0.2) is 12.8 Å². The third-order valence-electron chi connectivity index (χ3n) is 1.86. The van der Waals surface area contributed by atoms with E-state index in [1.807, 2.05) is 0 Å². The molecule has 0 fully saturated rings. The van der Waals surface area contributed by atoms with Crippen LogP contribution < -0.4 is 4.90 Å². The Morgan fingerprint density at radius 2 is 2.00 bits per heavy atom. The Hall–Kier alpha value is -0.810. The van der Waals surface area contributed by atoms with Crippen molar-refractivity contribution in [2.45, 2.75) is 5.75 Å². The predicted octanol–water partition coefficient (Wildman–Crippen LogP) is 1.96. The summed E-state index contributed by atoms with van der Waals surface area (Å²) in [5, 5.41) is 0. The van der Waals surface area contributed by atoms with Crippen LogP contribution in [0.1, 0.15) is 5.56 Å². The van der Waals surface area contributed by atoms with E-state index in [2.05, 4.69) is 0 Å². The fourth-order valence-electron chi connectivity index (χ4n) is 1.26. The number of hydrogen-bond acceptors (Lipinski definition) is 3. The molecule has 0 aliphatic carbocycles. The Morgan fingerprint density at radius 3 is 2.47 bits per heavy atom. The lowest BCUT2D eigenvalue weighted by Gasteiger charge is -2.16. The second kappa shape index (κ2) is 4.37. The average Bonchev–Trinajstić information content (AvgIpc) is 2.05. The zero-order valence-electron chi connectivity index (χ0n) is 8.37. The van der Waals surface area contributed by atoms with Crippen molar-refractivity contribution in [3.05, 3.63) is 29.6 Å². The summed E-state index contributed by atoms with van der Waals surface area (Å²) in [6, 6.07) is 3.91. The lowest BCUT2D eigenvalue weighted by Crippen LogP contribution is -2.12. The Morgan fingerprint density at radius 1 is 1.40 bits per heavy atom. The van der Waals surface area contributed by atoms with Crippen LogP contribution in [0.15, 0.2) is 18.2 Å². The van der Waals surface area contributed by atoms with Gasteiger partial charge in [0.1, 0.15) is 5.82 Å². The van der Waals surface area contributed by atoms with Gasteiger partial charge >= 0.3 is 0 Å². The van der Waals surface area contributed by atoms with Crippen LogP contribution in [0.4, 0.5) is 10.1 Å². The lowest BCUT2D eigenvalue weighted by molar-refractivity contribution is 0.608. The molecule has 1 aromatic carbocycles. The molecular formula is C9H11ClFNO2S. The minimum Gasteiger partial charge on any atom is -0.377 e. The van der Waals surface area contributed by atoms with E-state index < -0.39 is 14.9 Å². The van der Waals surface area contributed by atoms with Crippen molar-refractivity contribution in [1.29, 1.82) is 0 Å². The Balaban J connectivity index is 3.18. The quantitative estimate of drug-likeness (QED) is 0.771. The van der Waals surface area contributed by atoms with Gasteiger partial charge in [0, 0.05) is 30.5 Å². The second-order valence-electron chi connectivity index (χ2n) is 3.35. The van der Waals surface area contributed by atoms with E-state index in [4.69, 9.17) is 10.7 Å². The molecule has 0 heterocycles. The van der Waals surface area contributed by atoms with Crippen molar-refractivity contribution in [2.24, 2.45) is 0 Å². The molecule has 1 aromatic rings. The molecule has 3 nitrogen and oxygen atoms in total. The van der Waals surface area contributed by atoms with Crippen LogP contribution in [0.2, 0.25) is 0 Å².